The number of nitro benzene ring substituents is 1. The molecule has 0 saturated carbocycles. The zero-order valence-corrected chi connectivity index (χ0v) is 9.03. The van der Waals surface area contributed by atoms with Crippen LogP contribution < -0.4 is 0 Å². The Labute approximate surface area is 96.5 Å². The van der Waals surface area contributed by atoms with Gasteiger partial charge in [-0.3, -0.25) is 10.1 Å². The third kappa shape index (κ3) is 2.27. The van der Waals surface area contributed by atoms with Gasteiger partial charge in [-0.25, -0.2) is 0 Å². The van der Waals surface area contributed by atoms with Crippen molar-refractivity contribution in [1.29, 1.82) is 0 Å². The predicted molar refractivity (Wildman–Crippen MR) is 63.4 cm³/mol. The van der Waals surface area contributed by atoms with Crippen molar-refractivity contribution in [3.05, 3.63) is 62.3 Å². The Balaban J connectivity index is 2.38. The zero-order valence-electron chi connectivity index (χ0n) is 8.21. The van der Waals surface area contributed by atoms with E-state index in [1.807, 2.05) is 17.5 Å². The lowest BCUT2D eigenvalue weighted by Crippen LogP contribution is -1.90. The van der Waals surface area contributed by atoms with Crippen molar-refractivity contribution in [3.63, 3.8) is 0 Å². The molecule has 78 valence electrons. The average Bonchev–Trinajstić information content (AvgIpc) is 2.79. The molecule has 0 aliphatic rings. The maximum Gasteiger partial charge on any atom is 0.284 e. The minimum absolute atomic E-state index is 0.0477. The van der Waals surface area contributed by atoms with Crippen LogP contribution in [0.25, 0.3) is 0 Å². The van der Waals surface area contributed by atoms with Crippen LogP contribution in [-0.2, 0) is 0 Å². The van der Waals surface area contributed by atoms with E-state index in [0.29, 0.717) is 5.56 Å². The van der Waals surface area contributed by atoms with Gasteiger partial charge >= 0.3 is 0 Å². The van der Waals surface area contributed by atoms with E-state index in [4.69, 9.17) is 0 Å². The molecular formula is C12H7NO2S. The molecule has 0 N–H and O–H groups in total. The molecule has 0 saturated heterocycles. The summed E-state index contributed by atoms with van der Waals surface area (Å²) < 4.78 is 0. The Morgan fingerprint density at radius 2 is 1.94 bits per heavy atom. The molecule has 0 spiro atoms. The first-order valence-corrected chi connectivity index (χ1v) is 5.44. The minimum Gasteiger partial charge on any atom is -0.258 e. The van der Waals surface area contributed by atoms with Crippen LogP contribution in [0.3, 0.4) is 0 Å². The molecule has 0 atom stereocenters. The van der Waals surface area contributed by atoms with E-state index in [1.54, 1.807) is 18.2 Å². The van der Waals surface area contributed by atoms with Crippen LogP contribution in [0, 0.1) is 22.0 Å². The fourth-order valence-electron chi connectivity index (χ4n) is 1.22. The van der Waals surface area contributed by atoms with Crippen molar-refractivity contribution in [2.24, 2.45) is 0 Å². The molecule has 0 fully saturated rings. The quantitative estimate of drug-likeness (QED) is 0.428. The highest BCUT2D eigenvalue weighted by molar-refractivity contribution is 7.10. The highest BCUT2D eigenvalue weighted by atomic mass is 32.1. The number of rotatable bonds is 1. The van der Waals surface area contributed by atoms with Crippen LogP contribution in [0.4, 0.5) is 5.69 Å². The molecule has 4 heteroatoms. The van der Waals surface area contributed by atoms with Gasteiger partial charge in [0.05, 0.1) is 9.80 Å². The number of hydrogen-bond donors (Lipinski definition) is 0. The Morgan fingerprint density at radius 1 is 1.12 bits per heavy atom. The third-order valence-corrected chi connectivity index (χ3v) is 2.73. The molecule has 1 aromatic carbocycles. The van der Waals surface area contributed by atoms with Gasteiger partial charge in [-0.2, -0.15) is 0 Å². The number of benzene rings is 1. The first-order valence-electron chi connectivity index (χ1n) is 4.56. The Bertz CT molecular complexity index is 564. The second-order valence-electron chi connectivity index (χ2n) is 3.00. The SMILES string of the molecule is O=[N+]([O-])c1ccccc1C#Cc1cccs1. The van der Waals surface area contributed by atoms with Crippen LogP contribution in [0.2, 0.25) is 0 Å². The van der Waals surface area contributed by atoms with Crippen LogP contribution in [0.15, 0.2) is 41.8 Å². The molecule has 0 aliphatic carbocycles. The second-order valence-corrected chi connectivity index (χ2v) is 3.95. The standard InChI is InChI=1S/C12H7NO2S/c14-13(15)12-6-2-1-4-10(12)7-8-11-5-3-9-16-11/h1-6,9H. The molecule has 2 rings (SSSR count). The molecular weight excluding hydrogens is 222 g/mol. The summed E-state index contributed by atoms with van der Waals surface area (Å²) in [6.07, 6.45) is 0. The van der Waals surface area contributed by atoms with Crippen LogP contribution in [0.5, 0.6) is 0 Å². The highest BCUT2D eigenvalue weighted by Gasteiger charge is 2.09. The van der Waals surface area contributed by atoms with Gasteiger partial charge in [0.1, 0.15) is 5.56 Å². The highest BCUT2D eigenvalue weighted by Crippen LogP contribution is 2.16. The largest absolute Gasteiger partial charge is 0.284 e. The number of thiophene rings is 1. The normalized spacial score (nSPS) is 9.25. The van der Waals surface area contributed by atoms with Gasteiger partial charge in [0.2, 0.25) is 0 Å². The fraction of sp³-hybridized carbons (Fsp3) is 0. The number of nitrogens with zero attached hydrogens (tertiary/aromatic N) is 1. The molecule has 0 amide bonds. The lowest BCUT2D eigenvalue weighted by atomic mass is 10.2. The smallest absolute Gasteiger partial charge is 0.258 e. The summed E-state index contributed by atoms with van der Waals surface area (Å²) in [5, 5.41) is 12.6. The van der Waals surface area contributed by atoms with Gasteiger partial charge in [0.15, 0.2) is 0 Å². The van der Waals surface area contributed by atoms with E-state index in [0.717, 1.165) is 4.88 Å². The lowest BCUT2D eigenvalue weighted by Gasteiger charge is -1.92. The van der Waals surface area contributed by atoms with E-state index in [-0.39, 0.29) is 5.69 Å². The van der Waals surface area contributed by atoms with Gasteiger partial charge in [0, 0.05) is 6.07 Å². The maximum atomic E-state index is 10.7. The predicted octanol–water partition coefficient (Wildman–Crippen LogP) is 3.06. The minimum atomic E-state index is -0.418. The van der Waals surface area contributed by atoms with Gasteiger partial charge in [-0.15, -0.1) is 11.3 Å². The van der Waals surface area contributed by atoms with E-state index >= 15 is 0 Å². The van der Waals surface area contributed by atoms with Gasteiger partial charge < -0.3 is 0 Å². The summed E-state index contributed by atoms with van der Waals surface area (Å²) in [7, 11) is 0. The zero-order chi connectivity index (χ0) is 11.4. The summed E-state index contributed by atoms with van der Waals surface area (Å²) in [6, 6.07) is 10.3. The Hall–Kier alpha value is -2.12. The Morgan fingerprint density at radius 3 is 2.62 bits per heavy atom. The lowest BCUT2D eigenvalue weighted by molar-refractivity contribution is -0.385. The molecule has 0 aliphatic heterocycles. The fourth-order valence-corrected chi connectivity index (χ4v) is 1.79. The number of para-hydroxylation sites is 1. The van der Waals surface area contributed by atoms with E-state index in [1.165, 1.54) is 17.4 Å². The van der Waals surface area contributed by atoms with E-state index < -0.39 is 4.92 Å². The summed E-state index contributed by atoms with van der Waals surface area (Å²) in [4.78, 5) is 11.2. The van der Waals surface area contributed by atoms with E-state index in [2.05, 4.69) is 11.8 Å². The van der Waals surface area contributed by atoms with Crippen molar-refractivity contribution >= 4 is 17.0 Å². The summed E-state index contributed by atoms with van der Waals surface area (Å²) in [6.45, 7) is 0. The van der Waals surface area contributed by atoms with Gasteiger partial charge in [0.25, 0.3) is 5.69 Å². The molecule has 0 bridgehead atoms. The third-order valence-electron chi connectivity index (χ3n) is 1.94. The molecule has 1 aromatic heterocycles. The molecule has 16 heavy (non-hydrogen) atoms. The molecule has 1 heterocycles. The summed E-state index contributed by atoms with van der Waals surface area (Å²) in [5.41, 5.74) is 0.493. The van der Waals surface area contributed by atoms with Crippen molar-refractivity contribution in [2.45, 2.75) is 0 Å². The monoisotopic (exact) mass is 229 g/mol. The van der Waals surface area contributed by atoms with E-state index in [9.17, 15) is 10.1 Å². The summed E-state index contributed by atoms with van der Waals surface area (Å²) in [5.74, 6) is 5.72. The average molecular weight is 229 g/mol. The second kappa shape index (κ2) is 4.60. The van der Waals surface area contributed by atoms with Gasteiger partial charge in [-0.05, 0) is 17.5 Å². The molecule has 3 nitrogen and oxygen atoms in total. The first-order chi connectivity index (χ1) is 7.77. The summed E-state index contributed by atoms with van der Waals surface area (Å²) >= 11 is 1.51. The van der Waals surface area contributed by atoms with Crippen LogP contribution in [0.1, 0.15) is 10.4 Å². The van der Waals surface area contributed by atoms with Crippen molar-refractivity contribution < 1.29 is 4.92 Å². The van der Waals surface area contributed by atoms with Gasteiger partial charge in [-0.1, -0.05) is 30.0 Å². The van der Waals surface area contributed by atoms with Crippen LogP contribution in [-0.4, -0.2) is 4.92 Å². The van der Waals surface area contributed by atoms with Crippen molar-refractivity contribution in [3.8, 4) is 11.8 Å². The molecule has 2 aromatic rings. The molecule has 0 unspecified atom stereocenters. The van der Waals surface area contributed by atoms with Crippen molar-refractivity contribution in [2.75, 3.05) is 0 Å². The number of hydrogen-bond acceptors (Lipinski definition) is 3. The molecule has 0 radical (unpaired) electrons. The van der Waals surface area contributed by atoms with Crippen LogP contribution >= 0.6 is 11.3 Å². The number of nitro groups is 1. The topological polar surface area (TPSA) is 43.1 Å². The maximum absolute atomic E-state index is 10.7. The van der Waals surface area contributed by atoms with Crippen molar-refractivity contribution in [1.82, 2.24) is 0 Å². The first kappa shape index (κ1) is 10.4. The Kier molecular flexibility index (Phi) is 2.99.